The van der Waals surface area contributed by atoms with Crippen LogP contribution < -0.4 is 4.90 Å². The summed E-state index contributed by atoms with van der Waals surface area (Å²) >= 11 is 0. The van der Waals surface area contributed by atoms with Gasteiger partial charge in [-0.25, -0.2) is 0 Å². The molecule has 2 rings (SSSR count). The van der Waals surface area contributed by atoms with Gasteiger partial charge in [0.25, 0.3) is 0 Å². The number of hydrogen-bond donors (Lipinski definition) is 1. The third-order valence-corrected chi connectivity index (χ3v) is 5.03. The Balaban J connectivity index is 1.93. The van der Waals surface area contributed by atoms with Gasteiger partial charge in [-0.15, -0.1) is 0 Å². The maximum absolute atomic E-state index is 10.8. The van der Waals surface area contributed by atoms with Crippen molar-refractivity contribution in [3.63, 3.8) is 0 Å². The smallest absolute Gasteiger partial charge is 0.0807 e. The van der Waals surface area contributed by atoms with E-state index in [1.807, 2.05) is 0 Å². The molecule has 124 valence electrons. The number of piperidine rings is 1. The molecule has 3 nitrogen and oxygen atoms in total. The van der Waals surface area contributed by atoms with Gasteiger partial charge in [-0.1, -0.05) is 39.8 Å². The van der Waals surface area contributed by atoms with Crippen LogP contribution in [0.5, 0.6) is 0 Å². The number of anilines is 1. The molecule has 1 heterocycles. The first-order valence-corrected chi connectivity index (χ1v) is 8.77. The highest BCUT2D eigenvalue weighted by molar-refractivity contribution is 5.48. The summed E-state index contributed by atoms with van der Waals surface area (Å²) in [6, 6.07) is 8.92. The number of benzene rings is 1. The third kappa shape index (κ3) is 4.23. The van der Waals surface area contributed by atoms with Gasteiger partial charge in [0.1, 0.15) is 0 Å². The molecule has 0 spiro atoms. The first-order chi connectivity index (χ1) is 10.5. The Bertz CT molecular complexity index is 443. The molecule has 0 atom stereocenters. The molecule has 0 amide bonds. The normalized spacial score (nSPS) is 18.2. The predicted molar refractivity (Wildman–Crippen MR) is 94.7 cm³/mol. The van der Waals surface area contributed by atoms with Crippen LogP contribution in [0.2, 0.25) is 0 Å². The molecule has 1 aliphatic rings. The van der Waals surface area contributed by atoms with E-state index in [1.54, 1.807) is 0 Å². The lowest BCUT2D eigenvalue weighted by Crippen LogP contribution is -2.51. The van der Waals surface area contributed by atoms with Gasteiger partial charge >= 0.3 is 0 Å². The molecule has 1 aliphatic heterocycles. The molecule has 1 fully saturated rings. The highest BCUT2D eigenvalue weighted by Crippen LogP contribution is 2.28. The molecule has 3 heteroatoms. The van der Waals surface area contributed by atoms with Crippen LogP contribution in [0.4, 0.5) is 5.69 Å². The molecule has 1 N–H and O–H groups in total. The van der Waals surface area contributed by atoms with Crippen molar-refractivity contribution >= 4 is 5.69 Å². The van der Waals surface area contributed by atoms with Crippen LogP contribution in [-0.4, -0.2) is 48.3 Å². The Morgan fingerprint density at radius 1 is 1.09 bits per heavy atom. The van der Waals surface area contributed by atoms with E-state index >= 15 is 0 Å². The minimum absolute atomic E-state index is 0.513. The summed E-state index contributed by atoms with van der Waals surface area (Å²) in [6.07, 6.45) is 1.71. The van der Waals surface area contributed by atoms with Crippen LogP contribution in [0, 0.1) is 0 Å². The Morgan fingerprint density at radius 2 is 1.64 bits per heavy atom. The van der Waals surface area contributed by atoms with E-state index in [2.05, 4.69) is 61.8 Å². The molecule has 1 aromatic rings. The molecular formula is C19H32N2O. The number of hydrogen-bond acceptors (Lipinski definition) is 3. The Morgan fingerprint density at radius 3 is 2.09 bits per heavy atom. The molecule has 22 heavy (non-hydrogen) atoms. The highest BCUT2D eigenvalue weighted by Gasteiger charge is 2.33. The largest absolute Gasteiger partial charge is 0.388 e. The van der Waals surface area contributed by atoms with Gasteiger partial charge in [0.05, 0.1) is 5.60 Å². The highest BCUT2D eigenvalue weighted by atomic mass is 16.3. The molecule has 1 saturated heterocycles. The Labute approximate surface area is 135 Å². The van der Waals surface area contributed by atoms with E-state index < -0.39 is 5.60 Å². The summed E-state index contributed by atoms with van der Waals surface area (Å²) in [6.45, 7) is 13.5. The molecule has 0 saturated carbocycles. The molecule has 0 unspecified atom stereocenters. The van der Waals surface area contributed by atoms with Crippen LogP contribution >= 0.6 is 0 Å². The van der Waals surface area contributed by atoms with Crippen LogP contribution in [-0.2, 0) is 0 Å². The molecular weight excluding hydrogens is 272 g/mol. The van der Waals surface area contributed by atoms with Crippen molar-refractivity contribution in [1.29, 1.82) is 0 Å². The zero-order valence-corrected chi connectivity index (χ0v) is 14.7. The van der Waals surface area contributed by atoms with Gasteiger partial charge < -0.3 is 14.9 Å². The Hall–Kier alpha value is -1.06. The zero-order valence-electron chi connectivity index (χ0n) is 14.7. The van der Waals surface area contributed by atoms with Crippen LogP contribution in [0.3, 0.4) is 0 Å². The summed E-state index contributed by atoms with van der Waals surface area (Å²) in [5.74, 6) is 0.578. The summed E-state index contributed by atoms with van der Waals surface area (Å²) in [5, 5.41) is 10.8. The number of rotatable bonds is 6. The van der Waals surface area contributed by atoms with Gasteiger partial charge in [0.15, 0.2) is 0 Å². The van der Waals surface area contributed by atoms with Crippen molar-refractivity contribution in [3.8, 4) is 0 Å². The summed E-state index contributed by atoms with van der Waals surface area (Å²) in [4.78, 5) is 4.73. The van der Waals surface area contributed by atoms with E-state index in [4.69, 9.17) is 0 Å². The zero-order chi connectivity index (χ0) is 16.2. The fourth-order valence-corrected chi connectivity index (χ4v) is 3.27. The minimum Gasteiger partial charge on any atom is -0.388 e. The average molecular weight is 304 g/mol. The maximum Gasteiger partial charge on any atom is 0.0807 e. The second-order valence-corrected chi connectivity index (χ2v) is 6.92. The third-order valence-electron chi connectivity index (χ3n) is 5.03. The van der Waals surface area contributed by atoms with Crippen molar-refractivity contribution in [1.82, 2.24) is 4.90 Å². The van der Waals surface area contributed by atoms with Crippen LogP contribution in [0.15, 0.2) is 24.3 Å². The van der Waals surface area contributed by atoms with Gasteiger partial charge in [0, 0.05) is 25.3 Å². The second kappa shape index (κ2) is 7.47. The van der Waals surface area contributed by atoms with E-state index in [0.717, 1.165) is 45.6 Å². The number of aliphatic hydroxyl groups is 1. The van der Waals surface area contributed by atoms with Crippen LogP contribution in [0.1, 0.15) is 52.0 Å². The quantitative estimate of drug-likeness (QED) is 0.871. The van der Waals surface area contributed by atoms with Gasteiger partial charge in [0.2, 0.25) is 0 Å². The maximum atomic E-state index is 10.8. The summed E-state index contributed by atoms with van der Waals surface area (Å²) in [7, 11) is 0. The fraction of sp³-hybridized carbons (Fsp3) is 0.684. The van der Waals surface area contributed by atoms with Crippen molar-refractivity contribution < 1.29 is 5.11 Å². The fourth-order valence-electron chi connectivity index (χ4n) is 3.27. The van der Waals surface area contributed by atoms with Gasteiger partial charge in [-0.3, -0.25) is 0 Å². The lowest BCUT2D eigenvalue weighted by Gasteiger charge is -2.41. The van der Waals surface area contributed by atoms with Crippen LogP contribution in [0.25, 0.3) is 0 Å². The summed E-state index contributed by atoms with van der Waals surface area (Å²) in [5.41, 5.74) is 2.16. The minimum atomic E-state index is -0.513. The first-order valence-electron chi connectivity index (χ1n) is 8.77. The summed E-state index contributed by atoms with van der Waals surface area (Å²) < 4.78 is 0. The lowest BCUT2D eigenvalue weighted by atomic mass is 9.90. The van der Waals surface area contributed by atoms with E-state index in [9.17, 15) is 5.11 Å². The van der Waals surface area contributed by atoms with Crippen molar-refractivity contribution in [2.75, 3.05) is 37.6 Å². The molecule has 0 radical (unpaired) electrons. The molecule has 0 aliphatic carbocycles. The predicted octanol–water partition coefficient (Wildman–Crippen LogP) is 3.48. The molecule has 0 aromatic heterocycles. The number of nitrogens with zero attached hydrogens (tertiary/aromatic N) is 2. The monoisotopic (exact) mass is 304 g/mol. The van der Waals surface area contributed by atoms with Crippen molar-refractivity contribution in [2.24, 2.45) is 0 Å². The van der Waals surface area contributed by atoms with E-state index in [0.29, 0.717) is 5.92 Å². The van der Waals surface area contributed by atoms with Gasteiger partial charge in [-0.2, -0.15) is 0 Å². The topological polar surface area (TPSA) is 26.7 Å². The van der Waals surface area contributed by atoms with E-state index in [1.165, 1.54) is 11.3 Å². The van der Waals surface area contributed by atoms with Crippen molar-refractivity contribution in [2.45, 2.75) is 52.1 Å². The first kappa shape index (κ1) is 17.3. The lowest BCUT2D eigenvalue weighted by molar-refractivity contribution is -0.0140. The standard InChI is InChI=1S/C19H32N2O/c1-5-20(6-2)15-19(22)11-13-21(14-12-19)18-9-7-17(8-10-18)16(3)4/h7-10,16,22H,5-6,11-15H2,1-4H3. The van der Waals surface area contributed by atoms with E-state index in [-0.39, 0.29) is 0 Å². The number of likely N-dealkylation sites (N-methyl/N-ethyl adjacent to an activating group) is 1. The second-order valence-electron chi connectivity index (χ2n) is 6.92. The Kier molecular flexibility index (Phi) is 5.87. The molecule has 0 bridgehead atoms. The average Bonchev–Trinajstić information content (AvgIpc) is 2.53. The SMILES string of the molecule is CCN(CC)CC1(O)CCN(c2ccc(C(C)C)cc2)CC1. The molecule has 1 aromatic carbocycles. The van der Waals surface area contributed by atoms with Crippen molar-refractivity contribution in [3.05, 3.63) is 29.8 Å². The van der Waals surface area contributed by atoms with Gasteiger partial charge in [-0.05, 0) is 49.5 Å².